The van der Waals surface area contributed by atoms with Gasteiger partial charge in [0.15, 0.2) is 11.5 Å². The molecule has 5 heteroatoms. The van der Waals surface area contributed by atoms with Gasteiger partial charge in [0.05, 0.1) is 12.7 Å². The Morgan fingerprint density at radius 3 is 2.89 bits per heavy atom. The number of hydrogen-bond donors (Lipinski definition) is 1. The van der Waals surface area contributed by atoms with E-state index in [-0.39, 0.29) is 6.10 Å². The van der Waals surface area contributed by atoms with Crippen LogP contribution in [0, 0.1) is 0 Å². The van der Waals surface area contributed by atoms with E-state index in [2.05, 4.69) is 0 Å². The molecular formula is C14H19NO3S. The van der Waals surface area contributed by atoms with Crippen LogP contribution in [0.5, 0.6) is 11.5 Å². The van der Waals surface area contributed by atoms with Crippen LogP contribution >= 0.6 is 12.2 Å². The van der Waals surface area contributed by atoms with Crippen LogP contribution in [0.25, 0.3) is 0 Å². The SMILES string of the molecule is CCOc1cc(C(N)=S)ccc1OCC1CCCO1. The molecule has 1 fully saturated rings. The lowest BCUT2D eigenvalue weighted by Crippen LogP contribution is -2.17. The first-order valence-corrected chi connectivity index (χ1v) is 6.92. The summed E-state index contributed by atoms with van der Waals surface area (Å²) < 4.78 is 16.9. The fourth-order valence-electron chi connectivity index (χ4n) is 2.01. The van der Waals surface area contributed by atoms with Gasteiger partial charge in [-0.15, -0.1) is 0 Å². The zero-order valence-corrected chi connectivity index (χ0v) is 11.9. The van der Waals surface area contributed by atoms with Gasteiger partial charge < -0.3 is 19.9 Å². The first-order chi connectivity index (χ1) is 9.20. The third-order valence-corrected chi connectivity index (χ3v) is 3.21. The van der Waals surface area contributed by atoms with Crippen molar-refractivity contribution in [1.82, 2.24) is 0 Å². The van der Waals surface area contributed by atoms with Crippen molar-refractivity contribution in [1.29, 1.82) is 0 Å². The Balaban J connectivity index is 2.06. The molecular weight excluding hydrogens is 262 g/mol. The van der Waals surface area contributed by atoms with Crippen molar-refractivity contribution in [3.05, 3.63) is 23.8 Å². The molecule has 1 saturated heterocycles. The van der Waals surface area contributed by atoms with Gasteiger partial charge in [0.2, 0.25) is 0 Å². The van der Waals surface area contributed by atoms with Crippen molar-refractivity contribution >= 4 is 17.2 Å². The summed E-state index contributed by atoms with van der Waals surface area (Å²) in [6.45, 7) is 3.87. The van der Waals surface area contributed by atoms with E-state index in [0.717, 1.165) is 25.0 Å². The summed E-state index contributed by atoms with van der Waals surface area (Å²) in [4.78, 5) is 0.353. The third kappa shape index (κ3) is 3.81. The first kappa shape index (κ1) is 14.1. The van der Waals surface area contributed by atoms with Crippen molar-refractivity contribution in [2.24, 2.45) is 5.73 Å². The maximum atomic E-state index is 5.77. The van der Waals surface area contributed by atoms with Crippen LogP contribution in [0.4, 0.5) is 0 Å². The largest absolute Gasteiger partial charge is 0.490 e. The van der Waals surface area contributed by atoms with E-state index in [1.807, 2.05) is 25.1 Å². The van der Waals surface area contributed by atoms with Gasteiger partial charge in [-0.2, -0.15) is 0 Å². The van der Waals surface area contributed by atoms with E-state index in [1.165, 1.54) is 0 Å². The molecule has 1 unspecified atom stereocenters. The van der Waals surface area contributed by atoms with Gasteiger partial charge in [-0.1, -0.05) is 12.2 Å². The molecule has 0 bridgehead atoms. The number of rotatable bonds is 6. The van der Waals surface area contributed by atoms with E-state index in [4.69, 9.17) is 32.2 Å². The van der Waals surface area contributed by atoms with Crippen LogP contribution in [0.2, 0.25) is 0 Å². The number of benzene rings is 1. The van der Waals surface area contributed by atoms with Crippen LogP contribution in [0.15, 0.2) is 18.2 Å². The standard InChI is InChI=1S/C14H19NO3S/c1-2-16-13-8-10(14(15)19)5-6-12(13)18-9-11-4-3-7-17-11/h5-6,8,11H,2-4,7,9H2,1H3,(H2,15,19). The van der Waals surface area contributed by atoms with Crippen LogP contribution in [0.1, 0.15) is 25.3 Å². The number of thiocarbonyl (C=S) groups is 1. The average Bonchev–Trinajstić information content (AvgIpc) is 2.90. The summed E-state index contributed by atoms with van der Waals surface area (Å²) in [5.74, 6) is 1.38. The Hall–Kier alpha value is -1.33. The van der Waals surface area contributed by atoms with E-state index in [9.17, 15) is 0 Å². The molecule has 0 spiro atoms. The smallest absolute Gasteiger partial charge is 0.161 e. The molecule has 1 aliphatic rings. The molecule has 19 heavy (non-hydrogen) atoms. The molecule has 0 amide bonds. The summed E-state index contributed by atoms with van der Waals surface area (Å²) in [5.41, 5.74) is 6.40. The predicted molar refractivity (Wildman–Crippen MR) is 78.0 cm³/mol. The molecule has 1 aromatic rings. The fourth-order valence-corrected chi connectivity index (χ4v) is 2.13. The minimum absolute atomic E-state index is 0.185. The summed E-state index contributed by atoms with van der Waals surface area (Å²) in [6.07, 6.45) is 2.34. The van der Waals surface area contributed by atoms with Gasteiger partial charge in [0, 0.05) is 12.2 Å². The fraction of sp³-hybridized carbons (Fsp3) is 0.500. The normalized spacial score (nSPS) is 18.3. The van der Waals surface area contributed by atoms with Crippen LogP contribution in [0.3, 0.4) is 0 Å². The molecule has 1 heterocycles. The minimum Gasteiger partial charge on any atom is -0.490 e. The maximum Gasteiger partial charge on any atom is 0.161 e. The second-order valence-electron chi connectivity index (χ2n) is 4.40. The molecule has 104 valence electrons. The Bertz CT molecular complexity index is 444. The van der Waals surface area contributed by atoms with Gasteiger partial charge in [0.25, 0.3) is 0 Å². The molecule has 0 aliphatic carbocycles. The monoisotopic (exact) mass is 281 g/mol. The van der Waals surface area contributed by atoms with Crippen molar-refractivity contribution in [2.75, 3.05) is 19.8 Å². The third-order valence-electron chi connectivity index (χ3n) is 2.98. The Morgan fingerprint density at radius 1 is 1.42 bits per heavy atom. The van der Waals surface area contributed by atoms with Crippen LogP contribution in [-0.4, -0.2) is 30.9 Å². The highest BCUT2D eigenvalue weighted by Crippen LogP contribution is 2.29. The summed E-state index contributed by atoms with van der Waals surface area (Å²) in [7, 11) is 0. The van der Waals surface area contributed by atoms with E-state index in [0.29, 0.717) is 29.7 Å². The zero-order valence-electron chi connectivity index (χ0n) is 11.1. The number of nitrogens with two attached hydrogens (primary N) is 1. The van der Waals surface area contributed by atoms with E-state index < -0.39 is 0 Å². The highest BCUT2D eigenvalue weighted by atomic mass is 32.1. The van der Waals surface area contributed by atoms with Gasteiger partial charge >= 0.3 is 0 Å². The Morgan fingerprint density at radius 2 is 2.26 bits per heavy atom. The Kier molecular flexibility index (Phi) is 4.99. The number of ether oxygens (including phenoxy) is 3. The van der Waals surface area contributed by atoms with Crippen LogP contribution < -0.4 is 15.2 Å². The lowest BCUT2D eigenvalue weighted by atomic mass is 10.2. The molecule has 2 N–H and O–H groups in total. The van der Waals surface area contributed by atoms with Gasteiger partial charge in [-0.25, -0.2) is 0 Å². The second kappa shape index (κ2) is 6.73. The van der Waals surface area contributed by atoms with Crippen molar-refractivity contribution in [3.63, 3.8) is 0 Å². The highest BCUT2D eigenvalue weighted by Gasteiger charge is 2.17. The lowest BCUT2D eigenvalue weighted by Gasteiger charge is -2.15. The number of hydrogen-bond acceptors (Lipinski definition) is 4. The van der Waals surface area contributed by atoms with Gasteiger partial charge in [-0.05, 0) is 38.0 Å². The van der Waals surface area contributed by atoms with Gasteiger partial charge in [-0.3, -0.25) is 0 Å². The van der Waals surface area contributed by atoms with E-state index in [1.54, 1.807) is 0 Å². The van der Waals surface area contributed by atoms with Crippen LogP contribution in [-0.2, 0) is 4.74 Å². The van der Waals surface area contributed by atoms with Crippen molar-refractivity contribution in [3.8, 4) is 11.5 Å². The highest BCUT2D eigenvalue weighted by molar-refractivity contribution is 7.80. The van der Waals surface area contributed by atoms with E-state index >= 15 is 0 Å². The molecule has 0 aromatic heterocycles. The topological polar surface area (TPSA) is 53.7 Å². The molecule has 1 aliphatic heterocycles. The minimum atomic E-state index is 0.185. The molecule has 2 rings (SSSR count). The predicted octanol–water partition coefficient (Wildman–Crippen LogP) is 2.28. The maximum absolute atomic E-state index is 5.77. The van der Waals surface area contributed by atoms with Crippen molar-refractivity contribution in [2.45, 2.75) is 25.9 Å². The summed E-state index contributed by atoms with van der Waals surface area (Å²) in [5, 5.41) is 0. The summed E-state index contributed by atoms with van der Waals surface area (Å²) >= 11 is 4.96. The molecule has 0 saturated carbocycles. The Labute approximate surface area is 118 Å². The molecule has 0 radical (unpaired) electrons. The molecule has 1 aromatic carbocycles. The van der Waals surface area contributed by atoms with Crippen molar-refractivity contribution < 1.29 is 14.2 Å². The summed E-state index contributed by atoms with van der Waals surface area (Å²) in [6, 6.07) is 5.50. The second-order valence-corrected chi connectivity index (χ2v) is 4.84. The average molecular weight is 281 g/mol. The quantitative estimate of drug-likeness (QED) is 0.811. The molecule has 4 nitrogen and oxygen atoms in total. The van der Waals surface area contributed by atoms with Gasteiger partial charge in [0.1, 0.15) is 11.6 Å². The zero-order chi connectivity index (χ0) is 13.7. The lowest BCUT2D eigenvalue weighted by molar-refractivity contribution is 0.0667. The molecule has 1 atom stereocenters. The first-order valence-electron chi connectivity index (χ1n) is 6.51.